The maximum atomic E-state index is 13.7. The molecule has 0 amide bonds. The van der Waals surface area contributed by atoms with Crippen molar-refractivity contribution in [2.75, 3.05) is 69.6 Å². The third kappa shape index (κ3) is 5.02. The van der Waals surface area contributed by atoms with Gasteiger partial charge in [0.15, 0.2) is 5.11 Å². The van der Waals surface area contributed by atoms with E-state index >= 15 is 0 Å². The van der Waals surface area contributed by atoms with Gasteiger partial charge in [0.2, 0.25) is 10.0 Å². The summed E-state index contributed by atoms with van der Waals surface area (Å²) in [6.45, 7) is 5.21. The monoisotopic (exact) mass is 568 g/mol. The number of aromatic nitrogens is 3. The van der Waals surface area contributed by atoms with E-state index in [1.165, 1.54) is 18.5 Å². The predicted octanol–water partition coefficient (Wildman–Crippen LogP) is 2.71. The number of likely N-dealkylation sites (N-methyl/N-ethyl adjacent to an activating group) is 1. The molecule has 13 heteroatoms. The quantitative estimate of drug-likeness (QED) is 0.360. The molecule has 4 aromatic rings. The van der Waals surface area contributed by atoms with Crippen molar-refractivity contribution < 1.29 is 12.8 Å². The smallest absolute Gasteiger partial charge is 0.243 e. The molecule has 6 rings (SSSR count). The molecule has 2 aliphatic rings. The lowest BCUT2D eigenvalue weighted by Gasteiger charge is -2.37. The lowest BCUT2D eigenvalue weighted by Crippen LogP contribution is -2.50. The standard InChI is InChI=1S/C26H29FN8O2S2/c1-32-8-14-35(15-9-32)39(36,37)20-5-3-19(4-6-20)30-26(38)34-12-10-33(11-13-34)25-23-21-7-2-18(27)16-22(21)31-24(23)28-17-29-25/h2-7,16-17H,8-15H2,1H3,(H,30,38)(H,28,29,31). The van der Waals surface area contributed by atoms with E-state index < -0.39 is 10.0 Å². The number of rotatable bonds is 4. The van der Waals surface area contributed by atoms with E-state index in [1.54, 1.807) is 34.6 Å². The number of nitrogens with one attached hydrogen (secondary N) is 2. The molecule has 10 nitrogen and oxygen atoms in total. The number of aromatic amines is 1. The van der Waals surface area contributed by atoms with Gasteiger partial charge in [0.1, 0.15) is 23.6 Å². The summed E-state index contributed by atoms with van der Waals surface area (Å²) in [6.07, 6.45) is 1.52. The van der Waals surface area contributed by atoms with Crippen LogP contribution in [0, 0.1) is 5.82 Å². The fraction of sp³-hybridized carbons (Fsp3) is 0.346. The van der Waals surface area contributed by atoms with Gasteiger partial charge in [0.25, 0.3) is 0 Å². The highest BCUT2D eigenvalue weighted by Gasteiger charge is 2.28. The minimum Gasteiger partial charge on any atom is -0.352 e. The SMILES string of the molecule is CN1CCN(S(=O)(=O)c2ccc(NC(=S)N3CCN(c4ncnc5[nH]c6cc(F)ccc6c45)CC3)cc2)CC1. The van der Waals surface area contributed by atoms with E-state index in [1.807, 2.05) is 7.05 Å². The molecule has 2 aromatic heterocycles. The highest BCUT2D eigenvalue weighted by atomic mass is 32.2. The van der Waals surface area contributed by atoms with Gasteiger partial charge in [-0.2, -0.15) is 4.31 Å². The Balaban J connectivity index is 1.10. The van der Waals surface area contributed by atoms with Crippen molar-refractivity contribution in [3.8, 4) is 0 Å². The molecule has 0 aliphatic carbocycles. The number of fused-ring (bicyclic) bond motifs is 3. The maximum Gasteiger partial charge on any atom is 0.243 e. The van der Waals surface area contributed by atoms with Gasteiger partial charge in [-0.05, 0) is 61.7 Å². The van der Waals surface area contributed by atoms with Crippen molar-refractivity contribution >= 4 is 60.8 Å². The normalized spacial score (nSPS) is 17.7. The number of benzene rings is 2. The second-order valence-electron chi connectivity index (χ2n) is 9.87. The topological polar surface area (TPSA) is 101 Å². The summed E-state index contributed by atoms with van der Waals surface area (Å²) < 4.78 is 41.3. The van der Waals surface area contributed by atoms with E-state index in [4.69, 9.17) is 12.2 Å². The summed E-state index contributed by atoms with van der Waals surface area (Å²) in [7, 11) is -1.52. The number of halogens is 1. The number of hydrogen-bond donors (Lipinski definition) is 2. The fourth-order valence-electron chi connectivity index (χ4n) is 5.14. The van der Waals surface area contributed by atoms with Crippen LogP contribution in [0.15, 0.2) is 53.7 Å². The number of anilines is 2. The van der Waals surface area contributed by atoms with Crippen molar-refractivity contribution in [3.05, 3.63) is 54.6 Å². The van der Waals surface area contributed by atoms with E-state index in [9.17, 15) is 12.8 Å². The first-order valence-electron chi connectivity index (χ1n) is 12.8. The van der Waals surface area contributed by atoms with Crippen LogP contribution in [-0.4, -0.2) is 102 Å². The van der Waals surface area contributed by atoms with Crippen molar-refractivity contribution in [2.45, 2.75) is 4.90 Å². The lowest BCUT2D eigenvalue weighted by atomic mass is 10.2. The van der Waals surface area contributed by atoms with Crippen molar-refractivity contribution in [1.29, 1.82) is 0 Å². The first kappa shape index (κ1) is 25.9. The highest BCUT2D eigenvalue weighted by molar-refractivity contribution is 7.89. The van der Waals surface area contributed by atoms with Crippen LogP contribution in [0.3, 0.4) is 0 Å². The van der Waals surface area contributed by atoms with Gasteiger partial charge >= 0.3 is 0 Å². The fourth-order valence-corrected chi connectivity index (χ4v) is 6.86. The Morgan fingerprint density at radius 1 is 0.974 bits per heavy atom. The van der Waals surface area contributed by atoms with E-state index in [0.717, 1.165) is 35.4 Å². The van der Waals surface area contributed by atoms with Gasteiger partial charge < -0.3 is 25.0 Å². The zero-order valence-electron chi connectivity index (χ0n) is 21.5. The van der Waals surface area contributed by atoms with Crippen LogP contribution in [0.5, 0.6) is 0 Å². The zero-order valence-corrected chi connectivity index (χ0v) is 23.1. The third-order valence-corrected chi connectivity index (χ3v) is 9.68. The first-order valence-corrected chi connectivity index (χ1v) is 14.7. The van der Waals surface area contributed by atoms with Crippen molar-refractivity contribution in [1.82, 2.24) is 29.1 Å². The van der Waals surface area contributed by atoms with Gasteiger partial charge in [0.05, 0.1) is 15.8 Å². The van der Waals surface area contributed by atoms with Gasteiger partial charge in [-0.15, -0.1) is 0 Å². The largest absolute Gasteiger partial charge is 0.352 e. The Kier molecular flexibility index (Phi) is 6.83. The molecule has 0 atom stereocenters. The maximum absolute atomic E-state index is 13.7. The minimum absolute atomic E-state index is 0.285. The molecule has 0 unspecified atom stereocenters. The van der Waals surface area contributed by atoms with E-state index in [2.05, 4.69) is 35.0 Å². The minimum atomic E-state index is -3.51. The summed E-state index contributed by atoms with van der Waals surface area (Å²) in [5, 5.41) is 5.60. The molecule has 2 N–H and O–H groups in total. The van der Waals surface area contributed by atoms with Crippen molar-refractivity contribution in [3.63, 3.8) is 0 Å². The highest BCUT2D eigenvalue weighted by Crippen LogP contribution is 2.32. The molecular weight excluding hydrogens is 539 g/mol. The third-order valence-electron chi connectivity index (χ3n) is 7.40. The van der Waals surface area contributed by atoms with Gasteiger partial charge in [-0.1, -0.05) is 0 Å². The molecule has 204 valence electrons. The second-order valence-corrected chi connectivity index (χ2v) is 12.2. The van der Waals surface area contributed by atoms with Crippen LogP contribution >= 0.6 is 12.2 Å². The molecule has 2 fully saturated rings. The summed E-state index contributed by atoms with van der Waals surface area (Å²) in [6, 6.07) is 11.4. The second kappa shape index (κ2) is 10.3. The Morgan fingerprint density at radius 2 is 1.69 bits per heavy atom. The Hall–Kier alpha value is -3.39. The molecule has 4 heterocycles. The van der Waals surface area contributed by atoms with Gasteiger partial charge in [-0.3, -0.25) is 0 Å². The summed E-state index contributed by atoms with van der Waals surface area (Å²) in [5.41, 5.74) is 2.11. The molecule has 0 spiro atoms. The number of sulfonamides is 1. The molecule has 0 saturated carbocycles. The number of H-pyrrole nitrogens is 1. The average molecular weight is 569 g/mol. The molecule has 2 aliphatic heterocycles. The number of thiocarbonyl (C=S) groups is 1. The van der Waals surface area contributed by atoms with Crippen LogP contribution in [0.25, 0.3) is 21.9 Å². The molecule has 2 aromatic carbocycles. The van der Waals surface area contributed by atoms with Crippen LogP contribution in [0.2, 0.25) is 0 Å². The Morgan fingerprint density at radius 3 is 2.41 bits per heavy atom. The lowest BCUT2D eigenvalue weighted by molar-refractivity contribution is 0.222. The Labute approximate surface area is 231 Å². The van der Waals surface area contributed by atoms with Crippen LogP contribution in [0.4, 0.5) is 15.9 Å². The average Bonchev–Trinajstić information content (AvgIpc) is 3.31. The zero-order chi connectivity index (χ0) is 27.1. The molecule has 0 radical (unpaired) electrons. The summed E-state index contributed by atoms with van der Waals surface area (Å²) in [4.78, 5) is 18.8. The number of hydrogen-bond acceptors (Lipinski definition) is 7. The van der Waals surface area contributed by atoms with Gasteiger partial charge in [0, 0.05) is 63.4 Å². The van der Waals surface area contributed by atoms with E-state index in [-0.39, 0.29) is 10.7 Å². The molecular formula is C26H29FN8O2S2. The van der Waals surface area contributed by atoms with E-state index in [0.29, 0.717) is 55.5 Å². The van der Waals surface area contributed by atoms with Crippen LogP contribution < -0.4 is 10.2 Å². The number of nitrogens with zero attached hydrogens (tertiary/aromatic N) is 6. The first-order chi connectivity index (χ1) is 18.8. The van der Waals surface area contributed by atoms with Crippen molar-refractivity contribution in [2.24, 2.45) is 0 Å². The predicted molar refractivity (Wildman–Crippen MR) is 154 cm³/mol. The molecule has 39 heavy (non-hydrogen) atoms. The summed E-state index contributed by atoms with van der Waals surface area (Å²) >= 11 is 5.67. The Bertz CT molecular complexity index is 1630. The number of piperazine rings is 2. The van der Waals surface area contributed by atoms with Gasteiger partial charge in [-0.25, -0.2) is 22.8 Å². The summed E-state index contributed by atoms with van der Waals surface area (Å²) in [5.74, 6) is 0.512. The molecule has 2 saturated heterocycles. The van der Waals surface area contributed by atoms with Crippen LogP contribution in [-0.2, 0) is 10.0 Å². The molecule has 0 bridgehead atoms. The van der Waals surface area contributed by atoms with Crippen LogP contribution in [0.1, 0.15) is 0 Å².